The second kappa shape index (κ2) is 10.8. The summed E-state index contributed by atoms with van der Waals surface area (Å²) in [6.07, 6.45) is 3.11. The first-order chi connectivity index (χ1) is 16.1. The molecule has 0 bridgehead atoms. The Hall–Kier alpha value is -3.61. The molecule has 0 aliphatic rings. The maximum absolute atomic E-state index is 12.1. The third kappa shape index (κ3) is 6.00. The maximum Gasteiger partial charge on any atom is 0.277 e. The molecule has 0 fully saturated rings. The predicted octanol–water partition coefficient (Wildman–Crippen LogP) is 5.65. The fourth-order valence-electron chi connectivity index (χ4n) is 3.07. The summed E-state index contributed by atoms with van der Waals surface area (Å²) in [5.41, 5.74) is 4.71. The number of benzene rings is 3. The first kappa shape index (κ1) is 22.6. The van der Waals surface area contributed by atoms with E-state index in [1.807, 2.05) is 54.6 Å². The molecule has 0 spiro atoms. The zero-order chi connectivity index (χ0) is 23.0. The minimum Gasteiger partial charge on any atom is -0.486 e. The van der Waals surface area contributed by atoms with Crippen LogP contribution in [-0.2, 0) is 11.4 Å². The van der Waals surface area contributed by atoms with Gasteiger partial charge in [0.05, 0.1) is 16.3 Å². The Kier molecular flexibility index (Phi) is 7.40. The van der Waals surface area contributed by atoms with Crippen LogP contribution in [0, 0.1) is 0 Å². The van der Waals surface area contributed by atoms with Crippen LogP contribution >= 0.6 is 23.2 Å². The van der Waals surface area contributed by atoms with Crippen LogP contribution in [0.3, 0.4) is 0 Å². The Bertz CT molecular complexity index is 1270. The van der Waals surface area contributed by atoms with Crippen LogP contribution in [0.1, 0.15) is 11.1 Å². The number of halogens is 2. The molecule has 0 unspecified atom stereocenters. The largest absolute Gasteiger partial charge is 0.486 e. The van der Waals surface area contributed by atoms with E-state index in [1.54, 1.807) is 24.4 Å². The summed E-state index contributed by atoms with van der Waals surface area (Å²) >= 11 is 12.6. The average Bonchev–Trinajstić information content (AvgIpc) is 2.83. The van der Waals surface area contributed by atoms with E-state index in [1.165, 1.54) is 6.21 Å². The fourth-order valence-corrected chi connectivity index (χ4v) is 3.68. The number of amides is 1. The number of nitrogens with one attached hydrogen (secondary N) is 1. The van der Waals surface area contributed by atoms with Gasteiger partial charge >= 0.3 is 0 Å². The summed E-state index contributed by atoms with van der Waals surface area (Å²) in [5.74, 6) is 0.497. The molecule has 0 saturated carbocycles. The number of carbonyl (C=O) groups excluding carboxylic acids is 1. The van der Waals surface area contributed by atoms with E-state index < -0.39 is 5.91 Å². The van der Waals surface area contributed by atoms with Crippen molar-refractivity contribution in [2.24, 2.45) is 5.10 Å². The number of carbonyl (C=O) groups is 1. The number of hydrogen-bond donors (Lipinski definition) is 1. The first-order valence-corrected chi connectivity index (χ1v) is 10.8. The average molecular weight is 480 g/mol. The highest BCUT2D eigenvalue weighted by molar-refractivity contribution is 6.37. The van der Waals surface area contributed by atoms with Gasteiger partial charge in [-0.15, -0.1) is 0 Å². The van der Waals surface area contributed by atoms with Gasteiger partial charge < -0.3 is 9.47 Å². The van der Waals surface area contributed by atoms with E-state index in [2.05, 4.69) is 15.5 Å². The van der Waals surface area contributed by atoms with Crippen LogP contribution in [0.25, 0.3) is 10.9 Å². The second-order valence-corrected chi connectivity index (χ2v) is 7.82. The molecular weight excluding hydrogens is 461 g/mol. The smallest absolute Gasteiger partial charge is 0.277 e. The van der Waals surface area contributed by atoms with Crippen molar-refractivity contribution in [3.05, 3.63) is 100 Å². The molecule has 0 atom stereocenters. The summed E-state index contributed by atoms with van der Waals surface area (Å²) in [6, 6.07) is 22.3. The molecule has 33 heavy (non-hydrogen) atoms. The van der Waals surface area contributed by atoms with E-state index in [0.29, 0.717) is 39.2 Å². The standard InChI is InChI=1S/C25H19Cl2N3O3/c26-20-12-18(13-21(27)25(20)33-15-17-6-2-1-3-7-17)14-29-30-23(31)16-32-22-10-4-8-19-9-5-11-28-24(19)22/h1-14H,15-16H2,(H,30,31)/b29-14+. The van der Waals surface area contributed by atoms with Gasteiger partial charge in [-0.05, 0) is 35.4 Å². The van der Waals surface area contributed by atoms with Crippen LogP contribution in [0.2, 0.25) is 10.0 Å². The Morgan fingerprint density at radius 3 is 2.52 bits per heavy atom. The monoisotopic (exact) mass is 479 g/mol. The Morgan fingerprint density at radius 1 is 0.970 bits per heavy atom. The van der Waals surface area contributed by atoms with Gasteiger partial charge in [-0.3, -0.25) is 9.78 Å². The quantitative estimate of drug-likeness (QED) is 0.261. The number of nitrogens with zero attached hydrogens (tertiary/aromatic N) is 2. The molecule has 1 N–H and O–H groups in total. The van der Waals surface area contributed by atoms with Crippen molar-refractivity contribution in [1.29, 1.82) is 0 Å². The van der Waals surface area contributed by atoms with Gasteiger partial charge in [0.15, 0.2) is 12.4 Å². The molecule has 0 radical (unpaired) electrons. The SMILES string of the molecule is O=C(COc1cccc2cccnc12)N/N=C/c1cc(Cl)c(OCc2ccccc2)c(Cl)c1. The molecular formula is C25H19Cl2N3O3. The lowest BCUT2D eigenvalue weighted by Crippen LogP contribution is -2.24. The Morgan fingerprint density at radius 2 is 1.73 bits per heavy atom. The summed E-state index contributed by atoms with van der Waals surface area (Å²) in [6.45, 7) is 0.136. The number of aromatic nitrogens is 1. The molecule has 8 heteroatoms. The molecule has 1 heterocycles. The van der Waals surface area contributed by atoms with Gasteiger partial charge in [0.1, 0.15) is 17.9 Å². The highest BCUT2D eigenvalue weighted by atomic mass is 35.5. The fraction of sp³-hybridized carbons (Fsp3) is 0.0800. The lowest BCUT2D eigenvalue weighted by atomic mass is 10.2. The highest BCUT2D eigenvalue weighted by Crippen LogP contribution is 2.34. The van der Waals surface area contributed by atoms with Gasteiger partial charge in [-0.2, -0.15) is 5.10 Å². The van der Waals surface area contributed by atoms with Crippen LogP contribution in [0.4, 0.5) is 0 Å². The van der Waals surface area contributed by atoms with Gasteiger partial charge in [-0.25, -0.2) is 5.43 Å². The number of pyridine rings is 1. The predicted molar refractivity (Wildman–Crippen MR) is 130 cm³/mol. The number of para-hydroxylation sites is 1. The molecule has 1 aromatic heterocycles. The molecule has 4 rings (SSSR count). The number of hydrazone groups is 1. The van der Waals surface area contributed by atoms with Crippen molar-refractivity contribution in [3.63, 3.8) is 0 Å². The van der Waals surface area contributed by atoms with E-state index in [0.717, 1.165) is 10.9 Å². The maximum atomic E-state index is 12.1. The van der Waals surface area contributed by atoms with E-state index in [4.69, 9.17) is 32.7 Å². The molecule has 6 nitrogen and oxygen atoms in total. The third-order valence-electron chi connectivity index (χ3n) is 4.60. The van der Waals surface area contributed by atoms with Gasteiger partial charge in [-0.1, -0.05) is 71.7 Å². The Labute approximate surface area is 200 Å². The molecule has 0 aliphatic heterocycles. The summed E-state index contributed by atoms with van der Waals surface area (Å²) in [4.78, 5) is 16.4. The zero-order valence-electron chi connectivity index (χ0n) is 17.4. The van der Waals surface area contributed by atoms with Crippen molar-refractivity contribution in [3.8, 4) is 11.5 Å². The van der Waals surface area contributed by atoms with Crippen LogP contribution < -0.4 is 14.9 Å². The zero-order valence-corrected chi connectivity index (χ0v) is 18.9. The van der Waals surface area contributed by atoms with Gasteiger partial charge in [0.2, 0.25) is 0 Å². The minimum atomic E-state index is -0.417. The molecule has 3 aromatic carbocycles. The number of ether oxygens (including phenoxy) is 2. The normalized spacial score (nSPS) is 11.0. The van der Waals surface area contributed by atoms with Crippen LogP contribution in [-0.4, -0.2) is 23.7 Å². The van der Waals surface area contributed by atoms with Gasteiger partial charge in [0, 0.05) is 11.6 Å². The van der Waals surface area contributed by atoms with E-state index >= 15 is 0 Å². The minimum absolute atomic E-state index is 0.208. The second-order valence-electron chi connectivity index (χ2n) is 7.00. The van der Waals surface area contributed by atoms with Crippen LogP contribution in [0.5, 0.6) is 11.5 Å². The molecule has 1 amide bonds. The first-order valence-electron chi connectivity index (χ1n) is 10.0. The molecule has 0 saturated heterocycles. The third-order valence-corrected chi connectivity index (χ3v) is 5.17. The van der Waals surface area contributed by atoms with Crippen molar-refractivity contribution >= 4 is 46.2 Å². The van der Waals surface area contributed by atoms with Crippen molar-refractivity contribution < 1.29 is 14.3 Å². The van der Waals surface area contributed by atoms with Crippen molar-refractivity contribution in [2.45, 2.75) is 6.61 Å². The molecule has 0 aliphatic carbocycles. The topological polar surface area (TPSA) is 72.8 Å². The molecule has 4 aromatic rings. The highest BCUT2D eigenvalue weighted by Gasteiger charge is 2.10. The van der Waals surface area contributed by atoms with Crippen molar-refractivity contribution in [1.82, 2.24) is 10.4 Å². The lowest BCUT2D eigenvalue weighted by Gasteiger charge is -2.11. The summed E-state index contributed by atoms with van der Waals surface area (Å²) in [7, 11) is 0. The van der Waals surface area contributed by atoms with Crippen LogP contribution in [0.15, 0.2) is 84.1 Å². The Balaban J connectivity index is 1.32. The van der Waals surface area contributed by atoms with Crippen molar-refractivity contribution in [2.75, 3.05) is 6.61 Å². The number of fused-ring (bicyclic) bond motifs is 1. The van der Waals surface area contributed by atoms with E-state index in [9.17, 15) is 4.79 Å². The number of hydrogen-bond acceptors (Lipinski definition) is 5. The summed E-state index contributed by atoms with van der Waals surface area (Å²) < 4.78 is 11.4. The van der Waals surface area contributed by atoms with Gasteiger partial charge in [0.25, 0.3) is 5.91 Å². The molecule has 166 valence electrons. The summed E-state index contributed by atoms with van der Waals surface area (Å²) in [5, 5.41) is 5.56. The lowest BCUT2D eigenvalue weighted by molar-refractivity contribution is -0.123. The number of rotatable bonds is 8. The van der Waals surface area contributed by atoms with E-state index in [-0.39, 0.29) is 6.61 Å².